The molecule has 15 heavy (non-hydrogen) atoms. The van der Waals surface area contributed by atoms with Crippen LogP contribution in [-0.2, 0) is 0 Å². The summed E-state index contributed by atoms with van der Waals surface area (Å²) >= 11 is 2.73. The molecule has 0 saturated carbocycles. The molecule has 0 atom stereocenters. The average Bonchev–Trinajstić information content (AvgIpc) is 2.92. The van der Waals surface area contributed by atoms with Gasteiger partial charge in [0, 0.05) is 12.4 Å². The quantitative estimate of drug-likeness (QED) is 0.453. The van der Waals surface area contributed by atoms with Crippen molar-refractivity contribution in [3.8, 4) is 0 Å². The topological polar surface area (TPSA) is 80.0 Å². The first kappa shape index (κ1) is 11.3. The Labute approximate surface area is 94.6 Å². The number of nitrogen functional groups attached to an aromatic ring is 1. The molecule has 0 aliphatic heterocycles. The third kappa shape index (κ3) is 3.84. The predicted octanol–water partition coefficient (Wildman–Crippen LogP) is 2.12. The van der Waals surface area contributed by atoms with Crippen LogP contribution in [0, 0.1) is 12.0 Å². The Balaban J connectivity index is 0.000000151. The van der Waals surface area contributed by atoms with Crippen LogP contribution in [0.4, 0.5) is 5.00 Å². The molecule has 2 aromatic rings. The summed E-state index contributed by atoms with van der Waals surface area (Å²) in [6.07, 6.45) is 3.13. The molecule has 0 aliphatic carbocycles. The largest absolute Gasteiger partial charge is 0.383 e. The van der Waals surface area contributed by atoms with Crippen LogP contribution in [0.2, 0.25) is 0 Å². The Hall–Kier alpha value is -1.78. The van der Waals surface area contributed by atoms with Gasteiger partial charge >= 0.3 is 0 Å². The monoisotopic (exact) mass is 237 g/mol. The second kappa shape index (κ2) is 5.85. The summed E-state index contributed by atoms with van der Waals surface area (Å²) in [7, 11) is 0. The van der Waals surface area contributed by atoms with E-state index in [1.54, 1.807) is 23.4 Å². The van der Waals surface area contributed by atoms with Gasteiger partial charge in [0.15, 0.2) is 0 Å². The third-order valence-electron chi connectivity index (χ3n) is 1.23. The third-order valence-corrected chi connectivity index (χ3v) is 2.70. The Morgan fingerprint density at radius 3 is 2.27 bits per heavy atom. The lowest BCUT2D eigenvalue weighted by atomic mass is 10.5. The Bertz CT molecular complexity index is 440. The fraction of sp³-hybridized carbons (Fsp3) is 0. The lowest BCUT2D eigenvalue weighted by Gasteiger charge is -1.83. The summed E-state index contributed by atoms with van der Waals surface area (Å²) in [5.41, 5.74) is 8.41. The SMILES string of the molecule is N=C(N)c1cncs1.[C-]#[N+]c1cncs1. The normalized spacial score (nSPS) is 8.47. The smallest absolute Gasteiger partial charge is 0.260 e. The molecule has 2 rings (SSSR count). The molecule has 76 valence electrons. The standard InChI is InChI=1S/C4H5N3S.C4H2N2S/c5-4(6)3-1-7-2-8-3;1-5-4-2-6-3-7-4/h1-2H,(H3,5,6);2-3H. The minimum absolute atomic E-state index is 0.0903. The molecule has 2 aromatic heterocycles. The fourth-order valence-corrected chi connectivity index (χ4v) is 1.50. The molecule has 0 fully saturated rings. The van der Waals surface area contributed by atoms with E-state index in [0.717, 1.165) is 4.88 Å². The average molecular weight is 237 g/mol. The van der Waals surface area contributed by atoms with Gasteiger partial charge in [-0.2, -0.15) is 0 Å². The number of aromatic nitrogens is 2. The van der Waals surface area contributed by atoms with Crippen molar-refractivity contribution in [2.24, 2.45) is 5.73 Å². The van der Waals surface area contributed by atoms with Crippen molar-refractivity contribution < 1.29 is 0 Å². The molecule has 3 N–H and O–H groups in total. The van der Waals surface area contributed by atoms with Gasteiger partial charge in [-0.1, -0.05) is 0 Å². The molecule has 0 amide bonds. The molecule has 0 aliphatic rings. The second-order valence-electron chi connectivity index (χ2n) is 2.23. The number of amidine groups is 1. The van der Waals surface area contributed by atoms with Gasteiger partial charge in [-0.3, -0.25) is 15.4 Å². The fourth-order valence-electron chi connectivity index (χ4n) is 0.613. The van der Waals surface area contributed by atoms with E-state index >= 15 is 0 Å². The molecule has 5 nitrogen and oxygen atoms in total. The van der Waals surface area contributed by atoms with Crippen LogP contribution in [0.15, 0.2) is 23.4 Å². The number of rotatable bonds is 1. The highest BCUT2D eigenvalue weighted by molar-refractivity contribution is 7.13. The molecule has 0 unspecified atom stereocenters. The van der Waals surface area contributed by atoms with Gasteiger partial charge in [-0.05, 0) is 0 Å². The minimum Gasteiger partial charge on any atom is -0.383 e. The van der Waals surface area contributed by atoms with Crippen molar-refractivity contribution in [1.29, 1.82) is 5.41 Å². The van der Waals surface area contributed by atoms with E-state index in [1.165, 1.54) is 22.7 Å². The van der Waals surface area contributed by atoms with Crippen molar-refractivity contribution in [1.82, 2.24) is 9.97 Å². The van der Waals surface area contributed by atoms with Crippen LogP contribution in [0.5, 0.6) is 0 Å². The van der Waals surface area contributed by atoms with Crippen LogP contribution < -0.4 is 5.73 Å². The zero-order valence-corrected chi connectivity index (χ0v) is 9.18. The Kier molecular flexibility index (Phi) is 4.40. The number of hydrogen-bond acceptors (Lipinski definition) is 5. The summed E-state index contributed by atoms with van der Waals surface area (Å²) in [6.45, 7) is 6.46. The molecule has 0 saturated heterocycles. The van der Waals surface area contributed by atoms with Gasteiger partial charge in [0.25, 0.3) is 5.00 Å². The summed E-state index contributed by atoms with van der Waals surface area (Å²) in [5.74, 6) is 0.0903. The summed E-state index contributed by atoms with van der Waals surface area (Å²) in [4.78, 5) is 11.3. The van der Waals surface area contributed by atoms with Gasteiger partial charge < -0.3 is 5.73 Å². The number of hydrogen-bond donors (Lipinski definition) is 2. The molecular formula is C8H7N5S2. The number of nitrogens with zero attached hydrogens (tertiary/aromatic N) is 3. The van der Waals surface area contributed by atoms with Gasteiger partial charge in [-0.15, -0.1) is 22.7 Å². The molecule has 0 radical (unpaired) electrons. The van der Waals surface area contributed by atoms with E-state index in [4.69, 9.17) is 17.7 Å². The van der Waals surface area contributed by atoms with Crippen molar-refractivity contribution in [2.75, 3.05) is 0 Å². The Morgan fingerprint density at radius 1 is 1.33 bits per heavy atom. The first-order chi connectivity index (χ1) is 7.24. The van der Waals surface area contributed by atoms with Crippen LogP contribution in [-0.4, -0.2) is 15.8 Å². The zero-order chi connectivity index (χ0) is 11.1. The molecule has 0 bridgehead atoms. The summed E-state index contributed by atoms with van der Waals surface area (Å²) < 4.78 is 0. The number of nitrogens with two attached hydrogens (primary N) is 1. The van der Waals surface area contributed by atoms with E-state index < -0.39 is 0 Å². The molecule has 0 aromatic carbocycles. The van der Waals surface area contributed by atoms with Gasteiger partial charge in [0.2, 0.25) is 0 Å². The zero-order valence-electron chi connectivity index (χ0n) is 7.54. The van der Waals surface area contributed by atoms with Crippen molar-refractivity contribution in [3.05, 3.63) is 39.7 Å². The maximum Gasteiger partial charge on any atom is 0.260 e. The van der Waals surface area contributed by atoms with E-state index in [-0.39, 0.29) is 5.84 Å². The maximum atomic E-state index is 6.90. The van der Waals surface area contributed by atoms with E-state index in [9.17, 15) is 0 Å². The molecule has 0 spiro atoms. The molecule has 2 heterocycles. The second-order valence-corrected chi connectivity index (χ2v) is 3.98. The summed E-state index contributed by atoms with van der Waals surface area (Å²) in [5, 5.41) is 7.55. The van der Waals surface area contributed by atoms with Crippen LogP contribution in [0.25, 0.3) is 4.85 Å². The van der Waals surface area contributed by atoms with Gasteiger partial charge in [-0.25, -0.2) is 4.85 Å². The summed E-state index contributed by atoms with van der Waals surface area (Å²) in [6, 6.07) is 0. The number of nitrogens with one attached hydrogen (secondary N) is 1. The highest BCUT2D eigenvalue weighted by atomic mass is 32.1. The Morgan fingerprint density at radius 2 is 2.00 bits per heavy atom. The van der Waals surface area contributed by atoms with Gasteiger partial charge in [0.05, 0.1) is 22.5 Å². The molecule has 7 heteroatoms. The van der Waals surface area contributed by atoms with Crippen molar-refractivity contribution >= 4 is 33.5 Å². The minimum atomic E-state index is 0.0903. The van der Waals surface area contributed by atoms with Crippen LogP contribution in [0.1, 0.15) is 4.88 Å². The first-order valence-corrected chi connectivity index (χ1v) is 5.48. The van der Waals surface area contributed by atoms with E-state index in [0.29, 0.717) is 5.00 Å². The van der Waals surface area contributed by atoms with Crippen molar-refractivity contribution in [3.63, 3.8) is 0 Å². The van der Waals surface area contributed by atoms with Crippen LogP contribution in [0.3, 0.4) is 0 Å². The predicted molar refractivity (Wildman–Crippen MR) is 61.5 cm³/mol. The first-order valence-electron chi connectivity index (χ1n) is 3.73. The van der Waals surface area contributed by atoms with Crippen molar-refractivity contribution in [2.45, 2.75) is 0 Å². The highest BCUT2D eigenvalue weighted by Crippen LogP contribution is 2.15. The highest BCUT2D eigenvalue weighted by Gasteiger charge is 1.93. The molecular weight excluding hydrogens is 230 g/mol. The number of thiazole rings is 2. The van der Waals surface area contributed by atoms with Gasteiger partial charge in [0.1, 0.15) is 5.84 Å². The van der Waals surface area contributed by atoms with Crippen LogP contribution >= 0.6 is 22.7 Å². The lowest BCUT2D eigenvalue weighted by molar-refractivity contribution is 1.39. The lowest BCUT2D eigenvalue weighted by Crippen LogP contribution is -2.08. The van der Waals surface area contributed by atoms with E-state index in [1.807, 2.05) is 0 Å². The maximum absolute atomic E-state index is 6.90. The van der Waals surface area contributed by atoms with E-state index in [2.05, 4.69) is 14.8 Å².